The zero-order valence-electron chi connectivity index (χ0n) is 21.8. The third-order valence-corrected chi connectivity index (χ3v) is 7.89. The molecule has 0 saturated carbocycles. The molecule has 10 heteroatoms. The molecule has 1 atom stereocenters. The predicted molar refractivity (Wildman–Crippen MR) is 145 cm³/mol. The number of halogens is 1. The number of piperidine rings is 1. The number of nitrogens with zero attached hydrogens (tertiary/aromatic N) is 7. The molecule has 0 unspecified atom stereocenters. The van der Waals surface area contributed by atoms with Crippen LogP contribution >= 0.6 is 11.6 Å². The molecule has 2 aliphatic rings. The van der Waals surface area contributed by atoms with Gasteiger partial charge in [0.05, 0.1) is 11.9 Å². The number of hydrogen-bond acceptors (Lipinski definition) is 7. The van der Waals surface area contributed by atoms with Crippen LogP contribution in [0.5, 0.6) is 0 Å². The highest BCUT2D eigenvalue weighted by Gasteiger charge is 2.34. The Morgan fingerprint density at radius 3 is 2.49 bits per heavy atom. The highest BCUT2D eigenvalue weighted by atomic mass is 35.5. The number of aromatic nitrogens is 5. The molecule has 1 amide bonds. The number of carbonyl (C=O) groups is 1. The van der Waals surface area contributed by atoms with Gasteiger partial charge in [0, 0.05) is 61.8 Å². The molecular formula is C27H35ClN8O. The lowest BCUT2D eigenvalue weighted by atomic mass is 9.97. The van der Waals surface area contributed by atoms with Crippen LogP contribution < -0.4 is 4.90 Å². The zero-order valence-corrected chi connectivity index (χ0v) is 22.6. The lowest BCUT2D eigenvalue weighted by Crippen LogP contribution is -2.58. The largest absolute Gasteiger partial charge is 0.352 e. The summed E-state index contributed by atoms with van der Waals surface area (Å²) in [7, 11) is 0. The minimum atomic E-state index is 0.0979. The molecule has 0 spiro atoms. The summed E-state index contributed by atoms with van der Waals surface area (Å²) in [6.45, 7) is 10.7. The molecular weight excluding hydrogens is 488 g/mol. The molecule has 5 rings (SSSR count). The average Bonchev–Trinajstić information content (AvgIpc) is 3.42. The normalized spacial score (nSPS) is 19.4. The number of likely N-dealkylation sites (tertiary alicyclic amines) is 1. The van der Waals surface area contributed by atoms with E-state index >= 15 is 0 Å². The minimum absolute atomic E-state index is 0.0979. The molecule has 0 radical (unpaired) electrons. The van der Waals surface area contributed by atoms with Crippen molar-refractivity contribution < 1.29 is 4.79 Å². The fourth-order valence-corrected chi connectivity index (χ4v) is 5.68. The molecule has 9 nitrogen and oxygen atoms in total. The number of carbonyl (C=O) groups excluding carboxylic acids is 1. The van der Waals surface area contributed by atoms with E-state index in [1.807, 2.05) is 30.9 Å². The van der Waals surface area contributed by atoms with Crippen LogP contribution in [0.15, 0.2) is 30.5 Å². The van der Waals surface area contributed by atoms with Gasteiger partial charge < -0.3 is 14.8 Å². The van der Waals surface area contributed by atoms with Crippen molar-refractivity contribution in [2.75, 3.05) is 37.6 Å². The molecule has 0 bridgehead atoms. The molecule has 2 saturated heterocycles. The molecule has 1 N–H and O–H groups in total. The monoisotopic (exact) mass is 522 g/mol. The first-order chi connectivity index (χ1) is 18.0. The van der Waals surface area contributed by atoms with Gasteiger partial charge in [-0.1, -0.05) is 25.4 Å². The van der Waals surface area contributed by atoms with Gasteiger partial charge in [-0.05, 0) is 50.5 Å². The van der Waals surface area contributed by atoms with Gasteiger partial charge >= 0.3 is 0 Å². The van der Waals surface area contributed by atoms with E-state index in [9.17, 15) is 4.79 Å². The first-order valence-corrected chi connectivity index (χ1v) is 13.7. The van der Waals surface area contributed by atoms with Crippen molar-refractivity contribution in [1.82, 2.24) is 34.9 Å². The van der Waals surface area contributed by atoms with E-state index < -0.39 is 0 Å². The maximum atomic E-state index is 12.9. The van der Waals surface area contributed by atoms with E-state index in [-0.39, 0.29) is 5.91 Å². The van der Waals surface area contributed by atoms with Crippen LogP contribution in [0.3, 0.4) is 0 Å². The van der Waals surface area contributed by atoms with Gasteiger partial charge in [-0.15, -0.1) is 10.2 Å². The summed E-state index contributed by atoms with van der Waals surface area (Å²) >= 11 is 5.98. The zero-order chi connectivity index (χ0) is 25.9. The first kappa shape index (κ1) is 25.6. The Bertz CT molecular complexity index is 1220. The predicted octanol–water partition coefficient (Wildman–Crippen LogP) is 3.99. The van der Waals surface area contributed by atoms with Crippen molar-refractivity contribution in [3.63, 3.8) is 0 Å². The van der Waals surface area contributed by atoms with Gasteiger partial charge in [-0.2, -0.15) is 0 Å². The van der Waals surface area contributed by atoms with Crippen molar-refractivity contribution in [2.45, 2.75) is 58.5 Å². The van der Waals surface area contributed by atoms with E-state index in [0.29, 0.717) is 28.5 Å². The second-order valence-electron chi connectivity index (χ2n) is 9.91. The van der Waals surface area contributed by atoms with E-state index in [4.69, 9.17) is 21.6 Å². The van der Waals surface area contributed by atoms with Gasteiger partial charge in [-0.25, -0.2) is 9.97 Å². The van der Waals surface area contributed by atoms with E-state index in [1.165, 1.54) is 0 Å². The van der Waals surface area contributed by atoms with Crippen LogP contribution in [0.25, 0.3) is 11.5 Å². The summed E-state index contributed by atoms with van der Waals surface area (Å²) in [6, 6.07) is 8.13. The van der Waals surface area contributed by atoms with Crippen LogP contribution in [-0.4, -0.2) is 85.7 Å². The van der Waals surface area contributed by atoms with Crippen molar-refractivity contribution in [3.8, 4) is 11.5 Å². The molecule has 1 aromatic carbocycles. The summed E-state index contributed by atoms with van der Waals surface area (Å²) in [5.41, 5.74) is 2.34. The Labute approximate surface area is 223 Å². The Balaban J connectivity index is 1.20. The number of rotatable bonds is 6. The summed E-state index contributed by atoms with van der Waals surface area (Å²) in [5, 5.41) is 9.00. The second-order valence-corrected chi connectivity index (χ2v) is 10.4. The SMILES string of the molecule is CCc1nnc(-c2cnc(N3CCN(C4CCN(C(=O)c5ccc(Cl)cc5)CC4)[C@@H](CC)C3)c(C)n2)[nH]1. The van der Waals surface area contributed by atoms with Gasteiger partial charge in [-0.3, -0.25) is 9.69 Å². The van der Waals surface area contributed by atoms with Gasteiger partial charge in [0.25, 0.3) is 5.91 Å². The Morgan fingerprint density at radius 2 is 1.84 bits per heavy atom. The third-order valence-electron chi connectivity index (χ3n) is 7.64. The Hall–Kier alpha value is -3.04. The number of nitrogens with one attached hydrogen (secondary N) is 1. The Kier molecular flexibility index (Phi) is 7.71. The number of amides is 1. The lowest BCUT2D eigenvalue weighted by Gasteiger charge is -2.47. The summed E-state index contributed by atoms with van der Waals surface area (Å²) in [4.78, 5) is 32.7. The maximum Gasteiger partial charge on any atom is 0.253 e. The molecule has 0 aliphatic carbocycles. The fraction of sp³-hybridized carbons (Fsp3) is 0.519. The quantitative estimate of drug-likeness (QED) is 0.523. The lowest BCUT2D eigenvalue weighted by molar-refractivity contribution is 0.0490. The second kappa shape index (κ2) is 11.1. The number of aryl methyl sites for hydroxylation is 2. The molecule has 2 fully saturated rings. The molecule has 196 valence electrons. The van der Waals surface area contributed by atoms with Crippen LogP contribution in [-0.2, 0) is 6.42 Å². The molecule has 37 heavy (non-hydrogen) atoms. The summed E-state index contributed by atoms with van der Waals surface area (Å²) in [6.07, 6.45) is 5.67. The number of anilines is 1. The van der Waals surface area contributed by atoms with Gasteiger partial charge in [0.15, 0.2) is 5.82 Å². The number of piperazine rings is 1. The number of aromatic amines is 1. The van der Waals surface area contributed by atoms with E-state index in [1.54, 1.807) is 18.3 Å². The number of H-pyrrole nitrogens is 1. The fourth-order valence-electron chi connectivity index (χ4n) is 5.55. The van der Waals surface area contributed by atoms with Crippen molar-refractivity contribution >= 4 is 23.3 Å². The number of hydrogen-bond donors (Lipinski definition) is 1. The van der Waals surface area contributed by atoms with Crippen molar-refractivity contribution in [3.05, 3.63) is 52.6 Å². The van der Waals surface area contributed by atoms with Crippen LogP contribution in [0.2, 0.25) is 5.02 Å². The van der Waals surface area contributed by atoms with Crippen LogP contribution in [0.1, 0.15) is 55.0 Å². The van der Waals surface area contributed by atoms with Gasteiger partial charge in [0.2, 0.25) is 0 Å². The summed E-state index contributed by atoms with van der Waals surface area (Å²) < 4.78 is 0. The minimum Gasteiger partial charge on any atom is -0.352 e. The third kappa shape index (κ3) is 5.48. The van der Waals surface area contributed by atoms with E-state index in [0.717, 1.165) is 81.4 Å². The molecule has 3 aromatic rings. The van der Waals surface area contributed by atoms with Crippen molar-refractivity contribution in [1.29, 1.82) is 0 Å². The molecule has 2 aromatic heterocycles. The van der Waals surface area contributed by atoms with Crippen LogP contribution in [0.4, 0.5) is 5.82 Å². The smallest absolute Gasteiger partial charge is 0.253 e. The highest BCUT2D eigenvalue weighted by molar-refractivity contribution is 6.30. The average molecular weight is 523 g/mol. The summed E-state index contributed by atoms with van der Waals surface area (Å²) in [5.74, 6) is 2.55. The topological polar surface area (TPSA) is 94.1 Å². The molecule has 4 heterocycles. The Morgan fingerprint density at radius 1 is 1.08 bits per heavy atom. The highest BCUT2D eigenvalue weighted by Crippen LogP contribution is 2.28. The van der Waals surface area contributed by atoms with Crippen LogP contribution in [0, 0.1) is 6.92 Å². The maximum absolute atomic E-state index is 12.9. The molecule has 2 aliphatic heterocycles. The first-order valence-electron chi connectivity index (χ1n) is 13.3. The van der Waals surface area contributed by atoms with Gasteiger partial charge in [0.1, 0.15) is 17.3 Å². The van der Waals surface area contributed by atoms with Crippen molar-refractivity contribution in [2.24, 2.45) is 0 Å². The standard InChI is InChI=1S/C27H35ClN8O/c1-4-21-17-35(26-18(3)30-23(16-29-26)25-31-24(5-2)32-33-25)14-15-36(21)22-10-12-34(13-11-22)27(37)19-6-8-20(28)9-7-19/h6-9,16,21-22H,4-5,10-15,17H2,1-3H3,(H,31,32,33)/t21-/m0/s1. The van der Waals surface area contributed by atoms with E-state index in [2.05, 4.69) is 31.9 Å². The number of benzene rings is 1.